The van der Waals surface area contributed by atoms with Gasteiger partial charge in [-0.2, -0.15) is 0 Å². The second-order valence-electron chi connectivity index (χ2n) is 6.25. The molecular weight excluding hydrogens is 336 g/mol. The van der Waals surface area contributed by atoms with Crippen LogP contribution in [0.3, 0.4) is 0 Å². The number of para-hydroxylation sites is 2. The topological polar surface area (TPSA) is 65.1 Å². The summed E-state index contributed by atoms with van der Waals surface area (Å²) in [5, 5.41) is 15.4. The summed E-state index contributed by atoms with van der Waals surface area (Å²) < 4.78 is 0. The summed E-state index contributed by atoms with van der Waals surface area (Å²) in [5.74, 6) is 0.000569. The number of rotatable bonds is 4. The standard InChI is InChI=1S/C19H13NO2.C4H11N/c21-11-13-9-8-12(10-18(13)22)14-5-3-6-16-15-4-1-2-7-17(15)20-19(14)16;1-3-5-4-2/h1-11,20,22H;5H,3-4H2,1-2H3. The van der Waals surface area contributed by atoms with Crippen LogP contribution in [0.4, 0.5) is 0 Å². The molecule has 4 heteroatoms. The first kappa shape index (κ1) is 18.7. The molecule has 0 aliphatic rings. The highest BCUT2D eigenvalue weighted by Crippen LogP contribution is 2.34. The van der Waals surface area contributed by atoms with Crippen molar-refractivity contribution in [2.24, 2.45) is 0 Å². The number of H-pyrrole nitrogens is 1. The molecule has 0 aliphatic heterocycles. The van der Waals surface area contributed by atoms with Crippen LogP contribution in [-0.2, 0) is 0 Å². The number of nitrogens with one attached hydrogen (secondary N) is 2. The first-order chi connectivity index (χ1) is 13.2. The Labute approximate surface area is 158 Å². The molecule has 27 heavy (non-hydrogen) atoms. The zero-order valence-electron chi connectivity index (χ0n) is 15.6. The number of carbonyl (C=O) groups is 1. The highest BCUT2D eigenvalue weighted by Gasteiger charge is 2.10. The van der Waals surface area contributed by atoms with Crippen LogP contribution in [-0.4, -0.2) is 29.5 Å². The van der Waals surface area contributed by atoms with Crippen molar-refractivity contribution < 1.29 is 9.90 Å². The Morgan fingerprint density at radius 2 is 1.70 bits per heavy atom. The summed E-state index contributed by atoms with van der Waals surface area (Å²) in [5.41, 5.74) is 4.29. The molecule has 0 radical (unpaired) electrons. The van der Waals surface area contributed by atoms with E-state index in [1.165, 1.54) is 5.39 Å². The highest BCUT2D eigenvalue weighted by molar-refractivity contribution is 6.11. The van der Waals surface area contributed by atoms with E-state index in [4.69, 9.17) is 0 Å². The van der Waals surface area contributed by atoms with E-state index in [2.05, 4.69) is 36.3 Å². The lowest BCUT2D eigenvalue weighted by atomic mass is 10.0. The van der Waals surface area contributed by atoms with E-state index >= 15 is 0 Å². The average Bonchev–Trinajstić information content (AvgIpc) is 3.08. The van der Waals surface area contributed by atoms with Crippen molar-refractivity contribution in [2.45, 2.75) is 13.8 Å². The number of aromatic hydroxyl groups is 1. The number of hydrogen-bond acceptors (Lipinski definition) is 3. The van der Waals surface area contributed by atoms with E-state index in [1.807, 2.05) is 36.4 Å². The van der Waals surface area contributed by atoms with Gasteiger partial charge >= 0.3 is 0 Å². The van der Waals surface area contributed by atoms with Crippen LogP contribution in [0.25, 0.3) is 32.9 Å². The third-order valence-electron chi connectivity index (χ3n) is 4.51. The molecule has 1 heterocycles. The molecule has 1 aromatic heterocycles. The van der Waals surface area contributed by atoms with E-state index in [0.717, 1.165) is 40.6 Å². The van der Waals surface area contributed by atoms with Gasteiger partial charge in [-0.25, -0.2) is 0 Å². The summed E-state index contributed by atoms with van der Waals surface area (Å²) >= 11 is 0. The lowest BCUT2D eigenvalue weighted by Gasteiger charge is -2.05. The lowest BCUT2D eigenvalue weighted by Crippen LogP contribution is -2.09. The molecule has 0 fully saturated rings. The van der Waals surface area contributed by atoms with Crippen molar-refractivity contribution in [3.8, 4) is 16.9 Å². The Kier molecular flexibility index (Phi) is 5.89. The predicted octanol–water partition coefficient (Wildman–Crippen LogP) is 5.12. The number of hydrogen-bond donors (Lipinski definition) is 3. The lowest BCUT2D eigenvalue weighted by molar-refractivity contribution is 0.112. The molecule has 138 valence electrons. The minimum absolute atomic E-state index is 0.000569. The highest BCUT2D eigenvalue weighted by atomic mass is 16.3. The summed E-state index contributed by atoms with van der Waals surface area (Å²) in [7, 11) is 0. The smallest absolute Gasteiger partial charge is 0.153 e. The minimum Gasteiger partial charge on any atom is -0.507 e. The maximum absolute atomic E-state index is 10.8. The maximum atomic E-state index is 10.8. The molecule has 4 rings (SSSR count). The zero-order valence-corrected chi connectivity index (χ0v) is 15.6. The van der Waals surface area contributed by atoms with Crippen LogP contribution >= 0.6 is 0 Å². The summed E-state index contributed by atoms with van der Waals surface area (Å²) in [4.78, 5) is 14.3. The number of aromatic amines is 1. The first-order valence-electron chi connectivity index (χ1n) is 9.18. The van der Waals surface area contributed by atoms with Crippen LogP contribution in [0, 0.1) is 0 Å². The Balaban J connectivity index is 0.000000376. The minimum atomic E-state index is 0.000569. The number of benzene rings is 3. The monoisotopic (exact) mass is 360 g/mol. The van der Waals surface area contributed by atoms with Crippen molar-refractivity contribution in [3.63, 3.8) is 0 Å². The van der Waals surface area contributed by atoms with Gasteiger partial charge in [-0.3, -0.25) is 4.79 Å². The Bertz CT molecular complexity index is 1060. The number of aldehydes is 1. The van der Waals surface area contributed by atoms with Gasteiger partial charge in [0.15, 0.2) is 6.29 Å². The average molecular weight is 360 g/mol. The predicted molar refractivity (Wildman–Crippen MR) is 113 cm³/mol. The largest absolute Gasteiger partial charge is 0.507 e. The quantitative estimate of drug-likeness (QED) is 0.443. The van der Waals surface area contributed by atoms with Gasteiger partial charge in [-0.05, 0) is 36.9 Å². The van der Waals surface area contributed by atoms with Gasteiger partial charge in [-0.1, -0.05) is 56.3 Å². The maximum Gasteiger partial charge on any atom is 0.153 e. The van der Waals surface area contributed by atoms with Gasteiger partial charge in [0.2, 0.25) is 0 Å². The molecule has 0 unspecified atom stereocenters. The number of aromatic nitrogens is 1. The Hall–Kier alpha value is -3.11. The van der Waals surface area contributed by atoms with E-state index in [1.54, 1.807) is 12.1 Å². The Morgan fingerprint density at radius 3 is 2.37 bits per heavy atom. The van der Waals surface area contributed by atoms with E-state index in [-0.39, 0.29) is 5.75 Å². The van der Waals surface area contributed by atoms with Gasteiger partial charge in [0.25, 0.3) is 0 Å². The first-order valence-corrected chi connectivity index (χ1v) is 9.18. The van der Waals surface area contributed by atoms with Gasteiger partial charge < -0.3 is 15.4 Å². The molecule has 0 bridgehead atoms. The molecule has 3 N–H and O–H groups in total. The number of phenols is 1. The summed E-state index contributed by atoms with van der Waals surface area (Å²) in [6.45, 7) is 6.39. The van der Waals surface area contributed by atoms with Gasteiger partial charge in [0.05, 0.1) is 11.1 Å². The SMILES string of the molecule is CCNCC.O=Cc1ccc(-c2cccc3c2[nH]c2ccccc23)cc1O. The van der Waals surface area contributed by atoms with Crippen LogP contribution < -0.4 is 5.32 Å². The van der Waals surface area contributed by atoms with Crippen LogP contribution in [0.15, 0.2) is 60.7 Å². The molecule has 0 saturated carbocycles. The van der Waals surface area contributed by atoms with Gasteiger partial charge in [-0.15, -0.1) is 0 Å². The fourth-order valence-electron chi connectivity index (χ4n) is 3.17. The molecule has 0 saturated heterocycles. The van der Waals surface area contributed by atoms with E-state index in [9.17, 15) is 9.90 Å². The normalized spacial score (nSPS) is 10.6. The molecule has 0 amide bonds. The van der Waals surface area contributed by atoms with E-state index in [0.29, 0.717) is 11.8 Å². The number of fused-ring (bicyclic) bond motifs is 3. The number of carbonyl (C=O) groups excluding carboxylic acids is 1. The molecular formula is C23H24N2O2. The zero-order chi connectivity index (χ0) is 19.2. The van der Waals surface area contributed by atoms with Crippen molar-refractivity contribution in [3.05, 3.63) is 66.2 Å². The van der Waals surface area contributed by atoms with Crippen LogP contribution in [0.1, 0.15) is 24.2 Å². The van der Waals surface area contributed by atoms with Crippen molar-refractivity contribution in [2.75, 3.05) is 13.1 Å². The fraction of sp³-hybridized carbons (Fsp3) is 0.174. The van der Waals surface area contributed by atoms with Crippen LogP contribution in [0.2, 0.25) is 0 Å². The molecule has 0 spiro atoms. The second-order valence-corrected chi connectivity index (χ2v) is 6.25. The van der Waals surface area contributed by atoms with Gasteiger partial charge in [0.1, 0.15) is 5.75 Å². The molecule has 0 atom stereocenters. The molecule has 3 aromatic carbocycles. The van der Waals surface area contributed by atoms with E-state index < -0.39 is 0 Å². The van der Waals surface area contributed by atoms with Crippen molar-refractivity contribution in [1.82, 2.24) is 10.3 Å². The molecule has 0 aliphatic carbocycles. The van der Waals surface area contributed by atoms with Gasteiger partial charge in [0, 0.05) is 21.9 Å². The van der Waals surface area contributed by atoms with Crippen molar-refractivity contribution >= 4 is 28.1 Å². The fourth-order valence-corrected chi connectivity index (χ4v) is 3.17. The summed E-state index contributed by atoms with van der Waals surface area (Å²) in [6, 6.07) is 19.4. The van der Waals surface area contributed by atoms with Crippen LogP contribution in [0.5, 0.6) is 5.75 Å². The van der Waals surface area contributed by atoms with Crippen molar-refractivity contribution in [1.29, 1.82) is 0 Å². The summed E-state index contributed by atoms with van der Waals surface area (Å²) in [6.07, 6.45) is 0.655. The second kappa shape index (κ2) is 8.52. The molecule has 4 aromatic rings. The Morgan fingerprint density at radius 1 is 0.963 bits per heavy atom. The third kappa shape index (κ3) is 3.86. The third-order valence-corrected chi connectivity index (χ3v) is 4.51. The molecule has 4 nitrogen and oxygen atoms in total. The number of phenolic OH excluding ortho intramolecular Hbond substituents is 1.